The van der Waals surface area contributed by atoms with Crippen molar-refractivity contribution in [1.29, 1.82) is 0 Å². The van der Waals surface area contributed by atoms with Crippen molar-refractivity contribution in [3.63, 3.8) is 0 Å². The molecule has 1 aromatic carbocycles. The Kier molecular flexibility index (Phi) is 6.02. The minimum Gasteiger partial charge on any atom is -0.491 e. The highest BCUT2D eigenvalue weighted by Crippen LogP contribution is 2.22. The van der Waals surface area contributed by atoms with E-state index < -0.39 is 0 Å². The summed E-state index contributed by atoms with van der Waals surface area (Å²) >= 11 is 0. The molecule has 0 atom stereocenters. The minimum absolute atomic E-state index is 0.00912. The molecule has 0 saturated carbocycles. The van der Waals surface area contributed by atoms with Crippen LogP contribution in [0.3, 0.4) is 0 Å². The van der Waals surface area contributed by atoms with E-state index in [2.05, 4.69) is 0 Å². The van der Waals surface area contributed by atoms with Crippen LogP contribution in [0.5, 0.6) is 5.75 Å². The summed E-state index contributed by atoms with van der Waals surface area (Å²) in [6.07, 6.45) is 0.405. The van der Waals surface area contributed by atoms with Crippen molar-refractivity contribution in [1.82, 2.24) is 4.90 Å². The number of carbonyl (C=O) groups is 1. The number of fused-ring (bicyclic) bond motifs is 1. The number of hydrogen-bond donors (Lipinski definition) is 0. The summed E-state index contributed by atoms with van der Waals surface area (Å²) in [5, 5.41) is 0. The Labute approximate surface area is 125 Å². The summed E-state index contributed by atoms with van der Waals surface area (Å²) in [7, 11) is 0. The lowest BCUT2D eigenvalue weighted by atomic mass is 10.1. The van der Waals surface area contributed by atoms with Crippen LogP contribution in [0.15, 0.2) is 24.3 Å². The molecule has 0 unspecified atom stereocenters. The summed E-state index contributed by atoms with van der Waals surface area (Å²) in [6.45, 7) is 6.77. The maximum atomic E-state index is 12.5. The summed E-state index contributed by atoms with van der Waals surface area (Å²) in [5.41, 5.74) is 0.624. The number of para-hydroxylation sites is 1. The first-order valence-corrected chi connectivity index (χ1v) is 7.50. The molecule has 116 valence electrons. The standard InChI is InChI=1S/C16H23NO4/c1-3-19-15(20-4-2)9-10-17-11-12-21-14-8-6-5-7-13(14)16(17)18/h5-8,15H,3-4,9-12H2,1-2H3. The summed E-state index contributed by atoms with van der Waals surface area (Å²) in [4.78, 5) is 14.3. The second-order valence-electron chi connectivity index (χ2n) is 4.77. The second-order valence-corrected chi connectivity index (χ2v) is 4.77. The highest BCUT2D eigenvalue weighted by atomic mass is 16.7. The van der Waals surface area contributed by atoms with Crippen LogP contribution in [0, 0.1) is 0 Å². The van der Waals surface area contributed by atoms with Crippen LogP contribution >= 0.6 is 0 Å². The Hall–Kier alpha value is -1.59. The first kappa shape index (κ1) is 15.8. The number of carbonyl (C=O) groups excluding carboxylic acids is 1. The molecule has 1 aliphatic heterocycles. The Balaban J connectivity index is 1.99. The van der Waals surface area contributed by atoms with Crippen LogP contribution < -0.4 is 4.74 Å². The topological polar surface area (TPSA) is 48.0 Å². The van der Waals surface area contributed by atoms with E-state index in [-0.39, 0.29) is 12.2 Å². The molecule has 5 heteroatoms. The number of amides is 1. The predicted octanol–water partition coefficient (Wildman–Crippen LogP) is 2.31. The molecule has 0 bridgehead atoms. The molecule has 1 aliphatic rings. The quantitative estimate of drug-likeness (QED) is 0.724. The SMILES string of the molecule is CCOC(CCN1CCOc2ccccc2C1=O)OCC. The first-order chi connectivity index (χ1) is 10.3. The molecule has 1 amide bonds. The number of hydrogen-bond acceptors (Lipinski definition) is 4. The van der Waals surface area contributed by atoms with Gasteiger partial charge in [0.05, 0.1) is 12.1 Å². The highest BCUT2D eigenvalue weighted by Gasteiger charge is 2.23. The average Bonchev–Trinajstić information content (AvgIpc) is 2.65. The maximum absolute atomic E-state index is 12.5. The van der Waals surface area contributed by atoms with Gasteiger partial charge in [0.2, 0.25) is 0 Å². The van der Waals surface area contributed by atoms with Crippen molar-refractivity contribution in [2.24, 2.45) is 0 Å². The molecular formula is C16H23NO4. The first-order valence-electron chi connectivity index (χ1n) is 7.50. The van der Waals surface area contributed by atoms with Gasteiger partial charge < -0.3 is 19.1 Å². The van der Waals surface area contributed by atoms with Gasteiger partial charge in [-0.1, -0.05) is 12.1 Å². The van der Waals surface area contributed by atoms with Crippen LogP contribution in [0.25, 0.3) is 0 Å². The summed E-state index contributed by atoms with van der Waals surface area (Å²) in [5.74, 6) is 0.672. The zero-order valence-corrected chi connectivity index (χ0v) is 12.7. The van der Waals surface area contributed by atoms with Crippen LogP contribution in [0.4, 0.5) is 0 Å². The van der Waals surface area contributed by atoms with Gasteiger partial charge in [-0.25, -0.2) is 0 Å². The molecule has 21 heavy (non-hydrogen) atoms. The molecule has 5 nitrogen and oxygen atoms in total. The van der Waals surface area contributed by atoms with E-state index in [0.29, 0.717) is 50.6 Å². The fourth-order valence-corrected chi connectivity index (χ4v) is 2.37. The highest BCUT2D eigenvalue weighted by molar-refractivity contribution is 5.97. The smallest absolute Gasteiger partial charge is 0.257 e. The van der Waals surface area contributed by atoms with Gasteiger partial charge in [0.15, 0.2) is 6.29 Å². The fraction of sp³-hybridized carbons (Fsp3) is 0.562. The van der Waals surface area contributed by atoms with E-state index in [4.69, 9.17) is 14.2 Å². The van der Waals surface area contributed by atoms with Crippen molar-refractivity contribution in [3.8, 4) is 5.75 Å². The molecule has 0 aromatic heterocycles. The Morgan fingerprint density at radius 1 is 1.24 bits per heavy atom. The zero-order valence-electron chi connectivity index (χ0n) is 12.7. The average molecular weight is 293 g/mol. The van der Waals surface area contributed by atoms with E-state index in [0.717, 1.165) is 0 Å². The summed E-state index contributed by atoms with van der Waals surface area (Å²) in [6, 6.07) is 7.37. The van der Waals surface area contributed by atoms with Crippen molar-refractivity contribution >= 4 is 5.91 Å². The largest absolute Gasteiger partial charge is 0.491 e. The zero-order chi connectivity index (χ0) is 15.1. The molecule has 1 heterocycles. The summed E-state index contributed by atoms with van der Waals surface area (Å²) < 4.78 is 16.7. The third-order valence-corrected chi connectivity index (χ3v) is 3.36. The predicted molar refractivity (Wildman–Crippen MR) is 79.5 cm³/mol. The van der Waals surface area contributed by atoms with E-state index in [1.54, 1.807) is 11.0 Å². The van der Waals surface area contributed by atoms with Gasteiger partial charge in [-0.05, 0) is 26.0 Å². The monoisotopic (exact) mass is 293 g/mol. The van der Waals surface area contributed by atoms with Gasteiger partial charge in [-0.3, -0.25) is 4.79 Å². The number of benzene rings is 1. The van der Waals surface area contributed by atoms with E-state index in [1.165, 1.54) is 0 Å². The minimum atomic E-state index is -0.257. The normalized spacial score (nSPS) is 14.8. The van der Waals surface area contributed by atoms with Gasteiger partial charge in [-0.2, -0.15) is 0 Å². The van der Waals surface area contributed by atoms with Crippen LogP contribution in [0.1, 0.15) is 30.6 Å². The molecule has 1 aromatic rings. The van der Waals surface area contributed by atoms with E-state index in [1.807, 2.05) is 32.0 Å². The molecule has 0 saturated heterocycles. The van der Waals surface area contributed by atoms with Crippen molar-refractivity contribution in [2.75, 3.05) is 32.9 Å². The van der Waals surface area contributed by atoms with E-state index in [9.17, 15) is 4.79 Å². The van der Waals surface area contributed by atoms with Crippen LogP contribution in [0.2, 0.25) is 0 Å². The lowest BCUT2D eigenvalue weighted by molar-refractivity contribution is -0.140. The Morgan fingerprint density at radius 2 is 1.95 bits per heavy atom. The number of ether oxygens (including phenoxy) is 3. The lowest BCUT2D eigenvalue weighted by Gasteiger charge is -2.23. The fourth-order valence-electron chi connectivity index (χ4n) is 2.37. The van der Waals surface area contributed by atoms with Crippen molar-refractivity contribution < 1.29 is 19.0 Å². The van der Waals surface area contributed by atoms with E-state index >= 15 is 0 Å². The third-order valence-electron chi connectivity index (χ3n) is 3.36. The Bertz CT molecular complexity index is 457. The molecule has 0 fully saturated rings. The lowest BCUT2D eigenvalue weighted by Crippen LogP contribution is -2.35. The van der Waals surface area contributed by atoms with Gasteiger partial charge in [-0.15, -0.1) is 0 Å². The number of rotatable bonds is 7. The molecule has 0 aliphatic carbocycles. The van der Waals surface area contributed by atoms with Gasteiger partial charge in [0.1, 0.15) is 12.4 Å². The van der Waals surface area contributed by atoms with Crippen LogP contribution in [-0.4, -0.2) is 50.0 Å². The van der Waals surface area contributed by atoms with Gasteiger partial charge in [0.25, 0.3) is 5.91 Å². The van der Waals surface area contributed by atoms with Gasteiger partial charge >= 0.3 is 0 Å². The molecule has 0 spiro atoms. The van der Waals surface area contributed by atoms with Crippen molar-refractivity contribution in [3.05, 3.63) is 29.8 Å². The van der Waals surface area contributed by atoms with Gasteiger partial charge in [0, 0.05) is 26.2 Å². The third kappa shape index (κ3) is 4.19. The molecule has 0 N–H and O–H groups in total. The molecule has 0 radical (unpaired) electrons. The number of nitrogens with zero attached hydrogens (tertiary/aromatic N) is 1. The maximum Gasteiger partial charge on any atom is 0.257 e. The second kappa shape index (κ2) is 8.00. The Morgan fingerprint density at radius 3 is 2.67 bits per heavy atom. The molecule has 2 rings (SSSR count). The van der Waals surface area contributed by atoms with Crippen LogP contribution in [-0.2, 0) is 9.47 Å². The van der Waals surface area contributed by atoms with Crippen molar-refractivity contribution in [2.45, 2.75) is 26.6 Å². The molecular weight excluding hydrogens is 270 g/mol.